The molecule has 1 amide bonds. The van der Waals surface area contributed by atoms with E-state index < -0.39 is 5.91 Å². The number of carbonyl (C=O) groups is 1. The largest absolute Gasteiger partial charge is 0.507 e. The van der Waals surface area contributed by atoms with Gasteiger partial charge in [-0.2, -0.15) is 5.10 Å². The van der Waals surface area contributed by atoms with Gasteiger partial charge in [-0.1, -0.05) is 25.5 Å². The summed E-state index contributed by atoms with van der Waals surface area (Å²) in [5.41, 5.74) is 3.41. The molecule has 0 aliphatic carbocycles. The molecule has 120 valence electrons. The molecule has 0 aliphatic heterocycles. The summed E-state index contributed by atoms with van der Waals surface area (Å²) in [5.74, 6) is 0.279. The van der Waals surface area contributed by atoms with E-state index in [-0.39, 0.29) is 11.3 Å². The van der Waals surface area contributed by atoms with Crippen LogP contribution >= 0.6 is 0 Å². The number of unbranched alkanes of at least 4 members (excludes halogenated alkanes) is 1. The molecule has 23 heavy (non-hydrogen) atoms. The zero-order chi connectivity index (χ0) is 16.5. The third kappa shape index (κ3) is 5.14. The molecule has 0 atom stereocenters. The molecule has 0 saturated carbocycles. The van der Waals surface area contributed by atoms with E-state index >= 15 is 0 Å². The van der Waals surface area contributed by atoms with E-state index in [1.807, 2.05) is 24.3 Å². The predicted octanol–water partition coefficient (Wildman–Crippen LogP) is 3.34. The maximum absolute atomic E-state index is 11.9. The zero-order valence-electron chi connectivity index (χ0n) is 13.0. The Morgan fingerprint density at radius 1 is 1.22 bits per heavy atom. The summed E-state index contributed by atoms with van der Waals surface area (Å²) in [7, 11) is 0. The van der Waals surface area contributed by atoms with Crippen LogP contribution in [0.25, 0.3) is 0 Å². The first kappa shape index (κ1) is 16.5. The van der Waals surface area contributed by atoms with Crippen LogP contribution in [0.5, 0.6) is 11.5 Å². The quantitative estimate of drug-likeness (QED) is 0.468. The van der Waals surface area contributed by atoms with Crippen molar-refractivity contribution in [1.82, 2.24) is 5.43 Å². The SMILES string of the molecule is CCCCOc1ccc(/C=N\NC(=O)c2ccccc2O)cc1. The van der Waals surface area contributed by atoms with E-state index in [2.05, 4.69) is 17.5 Å². The number of aromatic hydroxyl groups is 1. The molecule has 2 aromatic rings. The van der Waals surface area contributed by atoms with Crippen LogP contribution in [0, 0.1) is 0 Å². The lowest BCUT2D eigenvalue weighted by atomic mass is 10.2. The first-order valence-electron chi connectivity index (χ1n) is 7.55. The van der Waals surface area contributed by atoms with Crippen LogP contribution in [0.3, 0.4) is 0 Å². The van der Waals surface area contributed by atoms with Crippen LogP contribution in [0.2, 0.25) is 0 Å². The van der Waals surface area contributed by atoms with Crippen molar-refractivity contribution < 1.29 is 14.6 Å². The molecule has 0 fully saturated rings. The molecule has 0 unspecified atom stereocenters. The highest BCUT2D eigenvalue weighted by Gasteiger charge is 2.08. The van der Waals surface area contributed by atoms with Crippen LogP contribution in [0.15, 0.2) is 53.6 Å². The van der Waals surface area contributed by atoms with Crippen LogP contribution < -0.4 is 10.2 Å². The van der Waals surface area contributed by atoms with E-state index in [1.165, 1.54) is 18.3 Å². The van der Waals surface area contributed by atoms with Crippen LogP contribution in [-0.2, 0) is 0 Å². The number of nitrogens with zero attached hydrogens (tertiary/aromatic N) is 1. The number of nitrogens with one attached hydrogen (secondary N) is 1. The predicted molar refractivity (Wildman–Crippen MR) is 90.0 cm³/mol. The summed E-state index contributed by atoms with van der Waals surface area (Å²) in [4.78, 5) is 11.9. The molecule has 0 aromatic heterocycles. The van der Waals surface area contributed by atoms with E-state index in [0.29, 0.717) is 6.61 Å². The number of ether oxygens (including phenoxy) is 1. The van der Waals surface area contributed by atoms with Gasteiger partial charge >= 0.3 is 0 Å². The van der Waals surface area contributed by atoms with Crippen molar-refractivity contribution >= 4 is 12.1 Å². The smallest absolute Gasteiger partial charge is 0.275 e. The summed E-state index contributed by atoms with van der Waals surface area (Å²) in [6, 6.07) is 13.8. The van der Waals surface area contributed by atoms with E-state index in [0.717, 1.165) is 24.2 Å². The fourth-order valence-corrected chi connectivity index (χ4v) is 1.88. The van der Waals surface area contributed by atoms with Gasteiger partial charge in [0, 0.05) is 0 Å². The average Bonchev–Trinajstić information content (AvgIpc) is 2.57. The fourth-order valence-electron chi connectivity index (χ4n) is 1.88. The van der Waals surface area contributed by atoms with Crippen LogP contribution in [0.4, 0.5) is 0 Å². The first-order valence-corrected chi connectivity index (χ1v) is 7.55. The summed E-state index contributed by atoms with van der Waals surface area (Å²) >= 11 is 0. The molecule has 0 aliphatic rings. The lowest BCUT2D eigenvalue weighted by Gasteiger charge is -2.05. The Morgan fingerprint density at radius 2 is 1.96 bits per heavy atom. The van der Waals surface area contributed by atoms with Crippen molar-refractivity contribution in [3.8, 4) is 11.5 Å². The van der Waals surface area contributed by atoms with Gasteiger partial charge in [-0.3, -0.25) is 4.79 Å². The standard InChI is InChI=1S/C18H20N2O3/c1-2-3-12-23-15-10-8-14(9-11-15)13-19-20-18(22)16-6-4-5-7-17(16)21/h4-11,13,21H,2-3,12H2,1H3,(H,20,22)/b19-13-. The van der Waals surface area contributed by atoms with Crippen molar-refractivity contribution in [3.63, 3.8) is 0 Å². The third-order valence-electron chi connectivity index (χ3n) is 3.18. The highest BCUT2D eigenvalue weighted by Crippen LogP contribution is 2.15. The summed E-state index contributed by atoms with van der Waals surface area (Å²) in [5, 5.41) is 13.5. The molecule has 5 nitrogen and oxygen atoms in total. The molecule has 0 radical (unpaired) electrons. The van der Waals surface area contributed by atoms with Gasteiger partial charge in [0.2, 0.25) is 0 Å². The Hall–Kier alpha value is -2.82. The van der Waals surface area contributed by atoms with Crippen molar-refractivity contribution in [3.05, 3.63) is 59.7 Å². The number of phenols is 1. The molecule has 0 spiro atoms. The molecule has 0 heterocycles. The van der Waals surface area contributed by atoms with Gasteiger partial charge in [-0.05, 0) is 48.4 Å². The number of amides is 1. The molecule has 5 heteroatoms. The Kier molecular flexibility index (Phi) is 6.17. The van der Waals surface area contributed by atoms with E-state index in [9.17, 15) is 9.90 Å². The van der Waals surface area contributed by atoms with Gasteiger partial charge in [0.15, 0.2) is 0 Å². The molecular formula is C18H20N2O3. The Bertz CT molecular complexity index is 666. The van der Waals surface area contributed by atoms with Gasteiger partial charge in [0.05, 0.1) is 18.4 Å². The number of rotatable bonds is 7. The van der Waals surface area contributed by atoms with Crippen molar-refractivity contribution in [2.24, 2.45) is 5.10 Å². The van der Waals surface area contributed by atoms with Crippen molar-refractivity contribution in [2.45, 2.75) is 19.8 Å². The minimum Gasteiger partial charge on any atom is -0.507 e. The second-order valence-electron chi connectivity index (χ2n) is 4.99. The Labute approximate surface area is 135 Å². The monoisotopic (exact) mass is 312 g/mol. The number of hydrazone groups is 1. The second kappa shape index (κ2) is 8.58. The average molecular weight is 312 g/mol. The minimum absolute atomic E-state index is 0.0752. The van der Waals surface area contributed by atoms with E-state index in [1.54, 1.807) is 12.1 Å². The van der Waals surface area contributed by atoms with Gasteiger partial charge in [-0.25, -0.2) is 5.43 Å². The summed E-state index contributed by atoms with van der Waals surface area (Å²) in [6.07, 6.45) is 3.66. The fraction of sp³-hybridized carbons (Fsp3) is 0.222. The van der Waals surface area contributed by atoms with Crippen LogP contribution in [0.1, 0.15) is 35.7 Å². The first-order chi connectivity index (χ1) is 11.2. The normalized spacial score (nSPS) is 10.7. The number of benzene rings is 2. The van der Waals surface area contributed by atoms with Gasteiger partial charge in [0.1, 0.15) is 11.5 Å². The molecule has 0 bridgehead atoms. The summed E-state index contributed by atoms with van der Waals surface area (Å²) in [6.45, 7) is 2.83. The Morgan fingerprint density at radius 3 is 2.65 bits per heavy atom. The maximum Gasteiger partial charge on any atom is 0.275 e. The van der Waals surface area contributed by atoms with Crippen LogP contribution in [-0.4, -0.2) is 23.8 Å². The highest BCUT2D eigenvalue weighted by atomic mass is 16.5. The maximum atomic E-state index is 11.9. The van der Waals surface area contributed by atoms with Crippen molar-refractivity contribution in [1.29, 1.82) is 0 Å². The number of carbonyl (C=O) groups excluding carboxylic acids is 1. The number of para-hydroxylation sites is 1. The minimum atomic E-state index is -0.459. The second-order valence-corrected chi connectivity index (χ2v) is 4.99. The van der Waals surface area contributed by atoms with Gasteiger partial charge < -0.3 is 9.84 Å². The number of hydrogen-bond donors (Lipinski definition) is 2. The summed E-state index contributed by atoms with van der Waals surface area (Å²) < 4.78 is 5.57. The Balaban J connectivity index is 1.88. The third-order valence-corrected chi connectivity index (χ3v) is 3.18. The topological polar surface area (TPSA) is 70.9 Å². The number of hydrogen-bond acceptors (Lipinski definition) is 4. The lowest BCUT2D eigenvalue weighted by molar-refractivity contribution is 0.0952. The number of phenolic OH excluding ortho intramolecular Hbond substituents is 1. The molecule has 2 aromatic carbocycles. The van der Waals surface area contributed by atoms with Gasteiger partial charge in [-0.15, -0.1) is 0 Å². The highest BCUT2D eigenvalue weighted by molar-refractivity contribution is 5.97. The molecule has 0 saturated heterocycles. The zero-order valence-corrected chi connectivity index (χ0v) is 13.0. The molecule has 2 N–H and O–H groups in total. The molecular weight excluding hydrogens is 292 g/mol. The lowest BCUT2D eigenvalue weighted by Crippen LogP contribution is -2.17. The molecule has 2 rings (SSSR count). The van der Waals surface area contributed by atoms with Gasteiger partial charge in [0.25, 0.3) is 5.91 Å². The van der Waals surface area contributed by atoms with E-state index in [4.69, 9.17) is 4.74 Å². The van der Waals surface area contributed by atoms with Crippen molar-refractivity contribution in [2.75, 3.05) is 6.61 Å².